The number of carbonyl (C=O) groups is 1. The molecule has 1 rings (SSSR count). The number of carbonyl (C=O) groups excluding carboxylic acids is 1. The van der Waals surface area contributed by atoms with Gasteiger partial charge in [0.15, 0.2) is 0 Å². The van der Waals surface area contributed by atoms with Crippen molar-refractivity contribution >= 4 is 29.3 Å². The van der Waals surface area contributed by atoms with Crippen LogP contribution in [0.2, 0.25) is 5.02 Å². The Morgan fingerprint density at radius 2 is 2.33 bits per heavy atom. The van der Waals surface area contributed by atoms with Gasteiger partial charge in [0.1, 0.15) is 5.54 Å². The Labute approximate surface area is 116 Å². The van der Waals surface area contributed by atoms with E-state index in [1.807, 2.05) is 6.07 Å². The smallest absolute Gasteiger partial charge is 0.325 e. The van der Waals surface area contributed by atoms with Crippen LogP contribution >= 0.6 is 23.4 Å². The number of aromatic nitrogens is 1. The summed E-state index contributed by atoms with van der Waals surface area (Å²) in [7, 11) is 0. The summed E-state index contributed by atoms with van der Waals surface area (Å²) < 4.78 is 4.92. The van der Waals surface area contributed by atoms with E-state index in [9.17, 15) is 4.79 Å². The van der Waals surface area contributed by atoms with Crippen LogP contribution in [-0.2, 0) is 9.53 Å². The second kappa shape index (κ2) is 6.97. The predicted molar refractivity (Wildman–Crippen MR) is 73.8 cm³/mol. The second-order valence-electron chi connectivity index (χ2n) is 4.05. The fraction of sp³-hybridized carbons (Fsp3) is 0.500. The number of ether oxygens (including phenoxy) is 1. The largest absolute Gasteiger partial charge is 0.465 e. The van der Waals surface area contributed by atoms with E-state index in [4.69, 9.17) is 22.1 Å². The van der Waals surface area contributed by atoms with Crippen LogP contribution in [0.5, 0.6) is 0 Å². The highest BCUT2D eigenvalue weighted by atomic mass is 35.5. The van der Waals surface area contributed by atoms with Crippen molar-refractivity contribution in [2.45, 2.75) is 30.8 Å². The van der Waals surface area contributed by atoms with Gasteiger partial charge in [0.25, 0.3) is 0 Å². The molecule has 1 heterocycles. The first-order chi connectivity index (χ1) is 8.45. The lowest BCUT2D eigenvalue weighted by atomic mass is 10.0. The number of nitrogens with two attached hydrogens (primary N) is 1. The van der Waals surface area contributed by atoms with Gasteiger partial charge < -0.3 is 10.5 Å². The summed E-state index contributed by atoms with van der Waals surface area (Å²) in [5.41, 5.74) is 4.96. The van der Waals surface area contributed by atoms with Gasteiger partial charge in [-0.15, -0.1) is 11.8 Å². The van der Waals surface area contributed by atoms with E-state index in [0.717, 1.165) is 5.03 Å². The molecule has 4 nitrogen and oxygen atoms in total. The Bertz CT molecular complexity index is 396. The number of hydrogen-bond donors (Lipinski definition) is 1. The van der Waals surface area contributed by atoms with E-state index in [-0.39, 0.29) is 5.97 Å². The Hall–Kier alpha value is -0.780. The predicted octanol–water partition coefficient (Wildman–Crippen LogP) is 2.50. The Balaban J connectivity index is 2.41. The third-order valence-corrected chi connectivity index (χ3v) is 3.48. The first-order valence-corrected chi connectivity index (χ1v) is 7.02. The highest BCUT2D eigenvalue weighted by Gasteiger charge is 2.29. The molecule has 0 saturated carbocycles. The zero-order valence-corrected chi connectivity index (χ0v) is 12.1. The summed E-state index contributed by atoms with van der Waals surface area (Å²) in [5, 5.41) is 1.47. The van der Waals surface area contributed by atoms with Gasteiger partial charge in [-0.25, -0.2) is 4.98 Å². The molecule has 100 valence electrons. The minimum atomic E-state index is -0.949. The summed E-state index contributed by atoms with van der Waals surface area (Å²) in [6, 6.07) is 3.62. The normalized spacial score (nSPS) is 14.0. The van der Waals surface area contributed by atoms with Crippen molar-refractivity contribution in [3.63, 3.8) is 0 Å². The Morgan fingerprint density at radius 3 is 2.89 bits per heavy atom. The molecule has 0 aliphatic heterocycles. The number of esters is 1. The summed E-state index contributed by atoms with van der Waals surface area (Å²) in [4.78, 5) is 15.7. The minimum Gasteiger partial charge on any atom is -0.465 e. The standard InChI is InChI=1S/C12H17ClN2O2S/c1-3-17-11(16)12(2,14)6-7-18-10-5-4-9(13)8-15-10/h4-5,8H,3,6-7,14H2,1-2H3. The molecule has 0 aliphatic rings. The molecule has 0 fully saturated rings. The molecule has 1 atom stereocenters. The zero-order valence-electron chi connectivity index (χ0n) is 10.5. The first kappa shape index (κ1) is 15.3. The van der Waals surface area contributed by atoms with Gasteiger partial charge in [-0.1, -0.05) is 11.6 Å². The zero-order chi connectivity index (χ0) is 13.6. The van der Waals surface area contributed by atoms with Crippen molar-refractivity contribution < 1.29 is 9.53 Å². The maximum Gasteiger partial charge on any atom is 0.325 e. The Kier molecular flexibility index (Phi) is 5.91. The van der Waals surface area contributed by atoms with Crippen molar-refractivity contribution in [3.05, 3.63) is 23.4 Å². The summed E-state index contributed by atoms with van der Waals surface area (Å²) in [5.74, 6) is 0.329. The van der Waals surface area contributed by atoms with Crippen molar-refractivity contribution in [1.29, 1.82) is 0 Å². The van der Waals surface area contributed by atoms with Crippen LogP contribution in [-0.4, -0.2) is 28.9 Å². The maximum atomic E-state index is 11.6. The van der Waals surface area contributed by atoms with Crippen molar-refractivity contribution in [2.24, 2.45) is 5.73 Å². The van der Waals surface area contributed by atoms with E-state index in [2.05, 4.69) is 4.98 Å². The number of hydrogen-bond acceptors (Lipinski definition) is 5. The molecule has 2 N–H and O–H groups in total. The molecule has 0 amide bonds. The average Bonchev–Trinajstić information content (AvgIpc) is 2.32. The van der Waals surface area contributed by atoms with Gasteiger partial charge in [-0.2, -0.15) is 0 Å². The van der Waals surface area contributed by atoms with E-state index in [1.54, 1.807) is 26.1 Å². The van der Waals surface area contributed by atoms with Crippen LogP contribution < -0.4 is 5.73 Å². The van der Waals surface area contributed by atoms with E-state index in [0.29, 0.717) is 23.8 Å². The van der Waals surface area contributed by atoms with E-state index < -0.39 is 5.54 Å². The topological polar surface area (TPSA) is 65.2 Å². The van der Waals surface area contributed by atoms with Gasteiger partial charge in [-0.3, -0.25) is 4.79 Å². The maximum absolute atomic E-state index is 11.6. The van der Waals surface area contributed by atoms with Crippen molar-refractivity contribution in [3.8, 4) is 0 Å². The minimum absolute atomic E-state index is 0.345. The van der Waals surface area contributed by atoms with Gasteiger partial charge in [0.2, 0.25) is 0 Å². The van der Waals surface area contributed by atoms with Crippen LogP contribution in [0.4, 0.5) is 0 Å². The molecule has 0 bridgehead atoms. The molecule has 6 heteroatoms. The molecule has 0 aliphatic carbocycles. The number of thioether (sulfide) groups is 1. The third kappa shape index (κ3) is 4.84. The van der Waals surface area contributed by atoms with Crippen molar-refractivity contribution in [1.82, 2.24) is 4.98 Å². The number of rotatable bonds is 6. The third-order valence-electron chi connectivity index (χ3n) is 2.31. The molecule has 0 saturated heterocycles. The molecule has 0 radical (unpaired) electrons. The highest BCUT2D eigenvalue weighted by molar-refractivity contribution is 7.99. The molecular formula is C12H17ClN2O2S. The monoisotopic (exact) mass is 288 g/mol. The molecule has 1 aromatic heterocycles. The van der Waals surface area contributed by atoms with Crippen LogP contribution in [0.25, 0.3) is 0 Å². The van der Waals surface area contributed by atoms with E-state index >= 15 is 0 Å². The molecular weight excluding hydrogens is 272 g/mol. The first-order valence-electron chi connectivity index (χ1n) is 5.66. The lowest BCUT2D eigenvalue weighted by Gasteiger charge is -2.21. The molecule has 0 spiro atoms. The Morgan fingerprint density at radius 1 is 1.61 bits per heavy atom. The van der Waals surface area contributed by atoms with Gasteiger partial charge in [0, 0.05) is 11.9 Å². The fourth-order valence-corrected chi connectivity index (χ4v) is 2.35. The van der Waals surface area contributed by atoms with Crippen LogP contribution in [0.3, 0.4) is 0 Å². The SMILES string of the molecule is CCOC(=O)C(C)(N)CCSc1ccc(Cl)cn1. The number of nitrogens with zero attached hydrogens (tertiary/aromatic N) is 1. The second-order valence-corrected chi connectivity index (χ2v) is 5.60. The molecule has 1 unspecified atom stereocenters. The summed E-state index contributed by atoms with van der Waals surface area (Å²) in [6.07, 6.45) is 2.12. The highest BCUT2D eigenvalue weighted by Crippen LogP contribution is 2.21. The van der Waals surface area contributed by atoms with E-state index in [1.165, 1.54) is 11.8 Å². The quantitative estimate of drug-likeness (QED) is 0.643. The average molecular weight is 289 g/mol. The van der Waals surface area contributed by atoms with Gasteiger partial charge in [-0.05, 0) is 32.4 Å². The van der Waals surface area contributed by atoms with Gasteiger partial charge in [0.05, 0.1) is 16.7 Å². The fourth-order valence-electron chi connectivity index (χ4n) is 1.21. The van der Waals surface area contributed by atoms with Crippen molar-refractivity contribution in [2.75, 3.05) is 12.4 Å². The van der Waals surface area contributed by atoms with Gasteiger partial charge >= 0.3 is 5.97 Å². The summed E-state index contributed by atoms with van der Waals surface area (Å²) in [6.45, 7) is 3.79. The van der Waals surface area contributed by atoms with Crippen LogP contribution in [0.15, 0.2) is 23.4 Å². The molecule has 1 aromatic rings. The molecule has 0 aromatic carbocycles. The number of pyridine rings is 1. The van der Waals surface area contributed by atoms with Crippen LogP contribution in [0, 0.1) is 0 Å². The lowest BCUT2D eigenvalue weighted by molar-refractivity contribution is -0.149. The molecule has 18 heavy (non-hydrogen) atoms. The number of halogens is 1. The summed E-state index contributed by atoms with van der Waals surface area (Å²) >= 11 is 7.28. The van der Waals surface area contributed by atoms with Crippen LogP contribution in [0.1, 0.15) is 20.3 Å². The lowest BCUT2D eigenvalue weighted by Crippen LogP contribution is -2.46.